The zero-order valence-electron chi connectivity index (χ0n) is 21.3. The number of ether oxygens (including phenoxy) is 1. The number of carbonyl (C=O) groups is 1. The van der Waals surface area contributed by atoms with Crippen LogP contribution in [0, 0.1) is 13.8 Å². The van der Waals surface area contributed by atoms with Crippen LogP contribution in [-0.2, 0) is 17.9 Å². The molecule has 2 aliphatic carbocycles. The Hall–Kier alpha value is -2.82. The number of hydrogen-bond donors (Lipinski definition) is 0. The highest BCUT2D eigenvalue weighted by Crippen LogP contribution is 2.31. The van der Waals surface area contributed by atoms with Gasteiger partial charge in [0.05, 0.1) is 11.0 Å². The van der Waals surface area contributed by atoms with E-state index in [9.17, 15) is 4.79 Å². The summed E-state index contributed by atoms with van der Waals surface area (Å²) in [4.78, 5) is 21.2. The maximum absolute atomic E-state index is 14.0. The molecule has 0 bridgehead atoms. The van der Waals surface area contributed by atoms with Crippen LogP contribution in [0.1, 0.15) is 81.2 Å². The molecule has 1 aromatic heterocycles. The molecular weight excluding hydrogens is 434 g/mol. The lowest BCUT2D eigenvalue weighted by atomic mass is 9.88. The highest BCUT2D eigenvalue weighted by molar-refractivity contribution is 5.81. The number of imidazole rings is 1. The number of hydrogen-bond acceptors (Lipinski definition) is 3. The van der Waals surface area contributed by atoms with Gasteiger partial charge in [-0.3, -0.25) is 4.79 Å². The molecule has 2 fully saturated rings. The summed E-state index contributed by atoms with van der Waals surface area (Å²) < 4.78 is 8.34. The average Bonchev–Trinajstić information content (AvgIpc) is 3.23. The van der Waals surface area contributed by atoms with Gasteiger partial charge in [-0.15, -0.1) is 0 Å². The Kier molecular flexibility index (Phi) is 7.40. The van der Waals surface area contributed by atoms with E-state index in [1.807, 2.05) is 18.2 Å². The van der Waals surface area contributed by atoms with Gasteiger partial charge in [0.25, 0.3) is 0 Å². The molecule has 0 N–H and O–H groups in total. The molecule has 0 atom stereocenters. The number of fused-ring (bicyclic) bond motifs is 1. The van der Waals surface area contributed by atoms with E-state index in [2.05, 4.69) is 47.6 Å². The van der Waals surface area contributed by atoms with E-state index in [1.165, 1.54) is 44.1 Å². The molecule has 0 saturated heterocycles. The minimum Gasteiger partial charge on any atom is -0.485 e. The number of amides is 1. The normalized spacial score (nSPS) is 17.5. The highest BCUT2D eigenvalue weighted by atomic mass is 16.5. The molecule has 186 valence electrons. The van der Waals surface area contributed by atoms with Gasteiger partial charge in [-0.2, -0.15) is 0 Å². The van der Waals surface area contributed by atoms with Gasteiger partial charge in [0.2, 0.25) is 5.91 Å². The van der Waals surface area contributed by atoms with Gasteiger partial charge in [-0.25, -0.2) is 4.98 Å². The average molecular weight is 474 g/mol. The van der Waals surface area contributed by atoms with E-state index >= 15 is 0 Å². The number of aryl methyl sites for hydroxylation is 2. The van der Waals surface area contributed by atoms with Crippen LogP contribution in [0.3, 0.4) is 0 Å². The number of nitrogens with zero attached hydrogens (tertiary/aromatic N) is 3. The van der Waals surface area contributed by atoms with Crippen LogP contribution < -0.4 is 4.74 Å². The molecule has 5 heteroatoms. The third-order valence-corrected chi connectivity index (χ3v) is 7.95. The first-order valence-corrected chi connectivity index (χ1v) is 13.6. The van der Waals surface area contributed by atoms with E-state index in [-0.39, 0.29) is 5.91 Å². The molecule has 5 rings (SSSR count). The molecule has 1 heterocycles. The molecule has 2 aromatic carbocycles. The first-order valence-electron chi connectivity index (χ1n) is 13.6. The van der Waals surface area contributed by atoms with E-state index in [1.54, 1.807) is 0 Å². The van der Waals surface area contributed by atoms with Crippen molar-refractivity contribution in [1.29, 1.82) is 0 Å². The van der Waals surface area contributed by atoms with Crippen LogP contribution in [-0.4, -0.2) is 32.4 Å². The summed E-state index contributed by atoms with van der Waals surface area (Å²) in [6, 6.07) is 15.2. The summed E-state index contributed by atoms with van der Waals surface area (Å²) in [5.74, 6) is 1.94. The van der Waals surface area contributed by atoms with Crippen molar-refractivity contribution in [3.63, 3.8) is 0 Å². The molecule has 3 aromatic rings. The van der Waals surface area contributed by atoms with Gasteiger partial charge in [0.1, 0.15) is 24.7 Å². The van der Waals surface area contributed by atoms with E-state index in [0.717, 1.165) is 53.9 Å². The predicted octanol–water partition coefficient (Wildman–Crippen LogP) is 6.73. The molecule has 0 radical (unpaired) electrons. The fourth-order valence-electron chi connectivity index (χ4n) is 6.06. The van der Waals surface area contributed by atoms with Crippen molar-refractivity contribution in [1.82, 2.24) is 14.5 Å². The molecule has 2 saturated carbocycles. The van der Waals surface area contributed by atoms with Crippen molar-refractivity contribution in [2.45, 2.75) is 103 Å². The van der Waals surface area contributed by atoms with Crippen molar-refractivity contribution >= 4 is 16.9 Å². The Balaban J connectivity index is 1.42. The summed E-state index contributed by atoms with van der Waals surface area (Å²) in [6.45, 7) is 4.82. The maximum Gasteiger partial charge on any atom is 0.243 e. The van der Waals surface area contributed by atoms with Crippen LogP contribution in [0.4, 0.5) is 0 Å². The van der Waals surface area contributed by atoms with Crippen LogP contribution in [0.25, 0.3) is 11.0 Å². The molecule has 1 amide bonds. The van der Waals surface area contributed by atoms with Crippen molar-refractivity contribution in [3.05, 3.63) is 59.4 Å². The van der Waals surface area contributed by atoms with Crippen molar-refractivity contribution in [2.24, 2.45) is 0 Å². The maximum atomic E-state index is 14.0. The van der Waals surface area contributed by atoms with Crippen LogP contribution >= 0.6 is 0 Å². The number of para-hydroxylation sites is 2. The molecule has 2 aliphatic rings. The number of rotatable bonds is 7. The smallest absolute Gasteiger partial charge is 0.243 e. The highest BCUT2D eigenvalue weighted by Gasteiger charge is 2.33. The number of carbonyl (C=O) groups excluding carboxylic acids is 1. The number of aromatic nitrogens is 2. The van der Waals surface area contributed by atoms with Crippen molar-refractivity contribution in [2.75, 3.05) is 0 Å². The lowest BCUT2D eigenvalue weighted by Crippen LogP contribution is -2.50. The van der Waals surface area contributed by atoms with Gasteiger partial charge in [-0.05, 0) is 68.9 Å². The summed E-state index contributed by atoms with van der Waals surface area (Å²) in [6.07, 6.45) is 12.2. The van der Waals surface area contributed by atoms with Crippen molar-refractivity contribution < 1.29 is 9.53 Å². The van der Waals surface area contributed by atoms with Crippen LogP contribution in [0.15, 0.2) is 42.5 Å². The third-order valence-electron chi connectivity index (χ3n) is 7.95. The molecule has 0 aliphatic heterocycles. The second-order valence-electron chi connectivity index (χ2n) is 10.5. The predicted molar refractivity (Wildman–Crippen MR) is 141 cm³/mol. The molecule has 5 nitrogen and oxygen atoms in total. The van der Waals surface area contributed by atoms with Crippen LogP contribution in [0.2, 0.25) is 0 Å². The first-order chi connectivity index (χ1) is 17.1. The molecule has 0 unspecified atom stereocenters. The third kappa shape index (κ3) is 5.39. The minimum atomic E-state index is 0.250. The van der Waals surface area contributed by atoms with E-state index < -0.39 is 0 Å². The quantitative estimate of drug-likeness (QED) is 0.382. The second kappa shape index (κ2) is 10.8. The standard InChI is InChI=1S/C30H39N3O2/c1-22-17-18-23(2)28(19-22)35-21-29-31-26-15-9-10-16-27(26)32(29)20-30(34)33(24-11-5-3-6-12-24)25-13-7-4-8-14-25/h9-10,15-19,24-25H,3-8,11-14,20-21H2,1-2H3. The lowest BCUT2D eigenvalue weighted by Gasteiger charge is -2.42. The summed E-state index contributed by atoms with van der Waals surface area (Å²) in [5, 5.41) is 0. The fraction of sp³-hybridized carbons (Fsp3) is 0.533. The van der Waals surface area contributed by atoms with Gasteiger partial charge in [0, 0.05) is 12.1 Å². The molecule has 35 heavy (non-hydrogen) atoms. The van der Waals surface area contributed by atoms with Gasteiger partial charge >= 0.3 is 0 Å². The molecule has 0 spiro atoms. The molecular formula is C30H39N3O2. The Morgan fingerprint density at radius 2 is 1.60 bits per heavy atom. The largest absolute Gasteiger partial charge is 0.485 e. The summed E-state index contributed by atoms with van der Waals surface area (Å²) in [5.41, 5.74) is 4.20. The minimum absolute atomic E-state index is 0.250. The topological polar surface area (TPSA) is 47.4 Å². The van der Waals surface area contributed by atoms with E-state index in [4.69, 9.17) is 9.72 Å². The summed E-state index contributed by atoms with van der Waals surface area (Å²) >= 11 is 0. The zero-order chi connectivity index (χ0) is 24.2. The number of benzene rings is 2. The first kappa shape index (κ1) is 23.9. The van der Waals surface area contributed by atoms with E-state index in [0.29, 0.717) is 25.2 Å². The van der Waals surface area contributed by atoms with Crippen LogP contribution in [0.5, 0.6) is 5.75 Å². The zero-order valence-corrected chi connectivity index (χ0v) is 21.3. The van der Waals surface area contributed by atoms with Gasteiger partial charge in [-0.1, -0.05) is 62.8 Å². The van der Waals surface area contributed by atoms with Gasteiger partial charge < -0.3 is 14.2 Å². The second-order valence-corrected chi connectivity index (χ2v) is 10.5. The fourth-order valence-corrected chi connectivity index (χ4v) is 6.06. The summed E-state index contributed by atoms with van der Waals surface area (Å²) in [7, 11) is 0. The monoisotopic (exact) mass is 473 g/mol. The Labute approximate surface area is 209 Å². The Morgan fingerprint density at radius 1 is 0.943 bits per heavy atom. The Bertz CT molecular complexity index is 1140. The van der Waals surface area contributed by atoms with Crippen molar-refractivity contribution in [3.8, 4) is 5.75 Å². The van der Waals surface area contributed by atoms with Gasteiger partial charge in [0.15, 0.2) is 0 Å². The lowest BCUT2D eigenvalue weighted by molar-refractivity contribution is -0.138. The Morgan fingerprint density at radius 3 is 2.29 bits per heavy atom. The SMILES string of the molecule is Cc1ccc(C)c(OCc2nc3ccccc3n2CC(=O)N(C2CCCCC2)C2CCCCC2)c1.